The number of hydrogen-bond acceptors (Lipinski definition) is 3. The minimum absolute atomic E-state index is 0.0367. The summed E-state index contributed by atoms with van der Waals surface area (Å²) < 4.78 is 1.79. The van der Waals surface area contributed by atoms with E-state index in [-0.39, 0.29) is 11.9 Å². The van der Waals surface area contributed by atoms with Gasteiger partial charge in [-0.1, -0.05) is 48.5 Å². The number of nitrogens with one attached hydrogen (secondary N) is 2. The number of fused-ring (bicyclic) bond motifs is 1. The Bertz CT molecular complexity index is 1290. The summed E-state index contributed by atoms with van der Waals surface area (Å²) in [4.78, 5) is 20.4. The average molecular weight is 407 g/mol. The summed E-state index contributed by atoms with van der Waals surface area (Å²) in [6.45, 7) is 0. The summed E-state index contributed by atoms with van der Waals surface area (Å²) in [6.07, 6.45) is 5.61. The zero-order chi connectivity index (χ0) is 21.0. The molecule has 0 radical (unpaired) electrons. The molecule has 0 fully saturated rings. The van der Waals surface area contributed by atoms with Crippen molar-refractivity contribution >= 4 is 16.9 Å². The zero-order valence-corrected chi connectivity index (χ0v) is 16.8. The van der Waals surface area contributed by atoms with Gasteiger partial charge in [-0.2, -0.15) is 5.10 Å². The van der Waals surface area contributed by atoms with Gasteiger partial charge in [0.1, 0.15) is 0 Å². The summed E-state index contributed by atoms with van der Waals surface area (Å²) in [5.74, 6) is -0.0367. The number of carbonyl (C=O) groups excluding carboxylic acids is 1. The maximum atomic E-state index is 12.9. The van der Waals surface area contributed by atoms with Gasteiger partial charge in [-0.3, -0.25) is 4.79 Å². The maximum Gasteiger partial charge on any atom is 0.225 e. The first-order valence-corrected chi connectivity index (χ1v) is 10.1. The van der Waals surface area contributed by atoms with Crippen LogP contribution in [0.1, 0.15) is 22.7 Å². The van der Waals surface area contributed by atoms with Crippen molar-refractivity contribution in [3.05, 3.63) is 114 Å². The molecule has 0 bridgehead atoms. The van der Waals surface area contributed by atoms with E-state index in [1.165, 1.54) is 0 Å². The molecule has 5 rings (SSSR count). The summed E-state index contributed by atoms with van der Waals surface area (Å²) >= 11 is 0. The van der Waals surface area contributed by atoms with Crippen LogP contribution in [0, 0.1) is 0 Å². The lowest BCUT2D eigenvalue weighted by Crippen LogP contribution is -2.30. The first-order valence-electron chi connectivity index (χ1n) is 10.1. The molecular weight excluding hydrogens is 386 g/mol. The fraction of sp³-hybridized carbons (Fsp3) is 0.0800. The normalized spacial score (nSPS) is 12.0. The van der Waals surface area contributed by atoms with Gasteiger partial charge in [-0.05, 0) is 47.0 Å². The molecule has 0 saturated heterocycles. The molecule has 1 atom stereocenters. The van der Waals surface area contributed by atoms with Crippen LogP contribution < -0.4 is 5.32 Å². The highest BCUT2D eigenvalue weighted by atomic mass is 16.1. The second-order valence-corrected chi connectivity index (χ2v) is 7.38. The fourth-order valence-electron chi connectivity index (χ4n) is 3.72. The van der Waals surface area contributed by atoms with Crippen LogP contribution in [0.5, 0.6) is 0 Å². The van der Waals surface area contributed by atoms with E-state index in [1.54, 1.807) is 17.2 Å². The van der Waals surface area contributed by atoms with E-state index in [1.807, 2.05) is 85.1 Å². The number of aromatic amines is 1. The number of hydrogen-bond donors (Lipinski definition) is 2. The number of aromatic nitrogens is 4. The van der Waals surface area contributed by atoms with E-state index in [2.05, 4.69) is 20.4 Å². The van der Waals surface area contributed by atoms with E-state index < -0.39 is 0 Å². The number of H-pyrrole nitrogens is 1. The third-order valence-corrected chi connectivity index (χ3v) is 5.29. The van der Waals surface area contributed by atoms with E-state index in [9.17, 15) is 4.79 Å². The fourth-order valence-corrected chi connectivity index (χ4v) is 3.72. The average Bonchev–Trinajstić information content (AvgIpc) is 3.50. The van der Waals surface area contributed by atoms with E-state index in [4.69, 9.17) is 0 Å². The SMILES string of the molecule is O=C(Cc1ccc(-n2cccn2)cc1)NC(c1ccccc1)c1ccc2nc[nH]c2c1. The van der Waals surface area contributed by atoms with Crippen molar-refractivity contribution in [3.63, 3.8) is 0 Å². The monoisotopic (exact) mass is 407 g/mol. The summed E-state index contributed by atoms with van der Waals surface area (Å²) in [6, 6.07) is 25.5. The van der Waals surface area contributed by atoms with Crippen LogP contribution in [0.4, 0.5) is 0 Å². The highest BCUT2D eigenvalue weighted by Crippen LogP contribution is 2.25. The molecule has 1 unspecified atom stereocenters. The Labute approximate surface area is 179 Å². The number of nitrogens with zero attached hydrogens (tertiary/aromatic N) is 3. The number of amides is 1. The third-order valence-electron chi connectivity index (χ3n) is 5.29. The summed E-state index contributed by atoms with van der Waals surface area (Å²) in [5, 5.41) is 7.44. The lowest BCUT2D eigenvalue weighted by Gasteiger charge is -2.20. The molecule has 6 nitrogen and oxygen atoms in total. The van der Waals surface area contributed by atoms with Crippen molar-refractivity contribution < 1.29 is 4.79 Å². The molecule has 0 aliphatic heterocycles. The number of rotatable bonds is 6. The molecule has 1 amide bonds. The molecule has 0 aliphatic rings. The topological polar surface area (TPSA) is 75.6 Å². The van der Waals surface area contributed by atoms with Gasteiger partial charge in [0, 0.05) is 12.4 Å². The van der Waals surface area contributed by atoms with Crippen LogP contribution in [0.15, 0.2) is 97.6 Å². The van der Waals surface area contributed by atoms with Crippen molar-refractivity contribution in [2.24, 2.45) is 0 Å². The van der Waals surface area contributed by atoms with Crippen molar-refractivity contribution in [1.82, 2.24) is 25.1 Å². The third kappa shape index (κ3) is 4.09. The Morgan fingerprint density at radius 1 is 0.968 bits per heavy atom. The number of carbonyl (C=O) groups is 1. The van der Waals surface area contributed by atoms with Crippen molar-refractivity contribution in [2.45, 2.75) is 12.5 Å². The van der Waals surface area contributed by atoms with Crippen LogP contribution in [0.25, 0.3) is 16.7 Å². The summed E-state index contributed by atoms with van der Waals surface area (Å²) in [7, 11) is 0. The first kappa shape index (κ1) is 18.8. The van der Waals surface area contributed by atoms with Gasteiger partial charge in [0.25, 0.3) is 0 Å². The van der Waals surface area contributed by atoms with Crippen LogP contribution in [-0.2, 0) is 11.2 Å². The summed E-state index contributed by atoms with van der Waals surface area (Å²) in [5.41, 5.74) is 5.79. The predicted molar refractivity (Wildman–Crippen MR) is 120 cm³/mol. The Hall–Kier alpha value is -4.19. The van der Waals surface area contributed by atoms with Gasteiger partial charge < -0.3 is 10.3 Å². The van der Waals surface area contributed by atoms with Gasteiger partial charge in [-0.15, -0.1) is 0 Å². The molecule has 0 spiro atoms. The Morgan fingerprint density at radius 2 is 1.81 bits per heavy atom. The zero-order valence-electron chi connectivity index (χ0n) is 16.8. The molecular formula is C25H21N5O. The van der Waals surface area contributed by atoms with E-state index in [0.717, 1.165) is 33.4 Å². The van der Waals surface area contributed by atoms with Gasteiger partial charge in [0.15, 0.2) is 0 Å². The minimum Gasteiger partial charge on any atom is -0.345 e. The predicted octanol–water partition coefficient (Wildman–Crippen LogP) is 4.20. The molecule has 5 aromatic rings. The largest absolute Gasteiger partial charge is 0.345 e. The highest BCUT2D eigenvalue weighted by Gasteiger charge is 2.18. The van der Waals surface area contributed by atoms with E-state index in [0.29, 0.717) is 6.42 Å². The second kappa shape index (κ2) is 8.28. The first-order chi connectivity index (χ1) is 15.3. The molecule has 0 aliphatic carbocycles. The van der Waals surface area contributed by atoms with Gasteiger partial charge >= 0.3 is 0 Å². The maximum absolute atomic E-state index is 12.9. The van der Waals surface area contributed by atoms with Crippen molar-refractivity contribution in [1.29, 1.82) is 0 Å². The Kier molecular flexibility index (Phi) is 5.02. The van der Waals surface area contributed by atoms with Gasteiger partial charge in [0.05, 0.1) is 35.5 Å². The molecule has 2 heterocycles. The molecule has 2 aromatic heterocycles. The van der Waals surface area contributed by atoms with Crippen LogP contribution in [0.2, 0.25) is 0 Å². The lowest BCUT2D eigenvalue weighted by molar-refractivity contribution is -0.120. The molecule has 152 valence electrons. The Balaban J connectivity index is 1.37. The minimum atomic E-state index is -0.246. The van der Waals surface area contributed by atoms with Crippen LogP contribution in [-0.4, -0.2) is 25.7 Å². The second-order valence-electron chi connectivity index (χ2n) is 7.38. The van der Waals surface area contributed by atoms with Crippen molar-refractivity contribution in [3.8, 4) is 5.69 Å². The van der Waals surface area contributed by atoms with Crippen LogP contribution >= 0.6 is 0 Å². The lowest BCUT2D eigenvalue weighted by atomic mass is 9.97. The van der Waals surface area contributed by atoms with Crippen molar-refractivity contribution in [2.75, 3.05) is 0 Å². The molecule has 6 heteroatoms. The van der Waals surface area contributed by atoms with Gasteiger partial charge in [0.2, 0.25) is 5.91 Å². The standard InChI is InChI=1S/C25H21N5O/c31-24(15-18-7-10-21(11-8-18)30-14-4-13-28-30)29-25(19-5-2-1-3-6-19)20-9-12-22-23(16-20)27-17-26-22/h1-14,16-17,25H,15H2,(H,26,27)(H,29,31). The molecule has 0 saturated carbocycles. The van der Waals surface area contributed by atoms with Gasteiger partial charge in [-0.25, -0.2) is 9.67 Å². The van der Waals surface area contributed by atoms with E-state index >= 15 is 0 Å². The quantitative estimate of drug-likeness (QED) is 0.443. The molecule has 2 N–H and O–H groups in total. The number of benzene rings is 3. The van der Waals surface area contributed by atoms with Crippen LogP contribution in [0.3, 0.4) is 0 Å². The Morgan fingerprint density at radius 3 is 2.58 bits per heavy atom. The molecule has 3 aromatic carbocycles. The number of imidazole rings is 1. The molecule has 31 heavy (non-hydrogen) atoms. The smallest absolute Gasteiger partial charge is 0.225 e. The highest BCUT2D eigenvalue weighted by molar-refractivity contribution is 5.80.